The third kappa shape index (κ3) is 6.34. The summed E-state index contributed by atoms with van der Waals surface area (Å²) < 4.78 is 0. The Morgan fingerprint density at radius 2 is 1.88 bits per heavy atom. The van der Waals surface area contributed by atoms with Gasteiger partial charge in [-0.2, -0.15) is 0 Å². The molecule has 1 atom stereocenters. The van der Waals surface area contributed by atoms with Crippen molar-refractivity contribution >= 4 is 11.8 Å². The van der Waals surface area contributed by atoms with Crippen LogP contribution in [-0.4, -0.2) is 28.3 Å². The zero-order valence-corrected chi connectivity index (χ0v) is 16.0. The van der Waals surface area contributed by atoms with E-state index in [2.05, 4.69) is 11.4 Å². The van der Waals surface area contributed by atoms with Crippen LogP contribution < -0.4 is 5.32 Å². The molecule has 0 unspecified atom stereocenters. The Morgan fingerprint density at radius 3 is 2.38 bits per heavy atom. The van der Waals surface area contributed by atoms with E-state index in [1.54, 1.807) is 4.90 Å². The molecular weight excluding hydrogens is 300 g/mol. The first-order valence-corrected chi connectivity index (χ1v) is 8.85. The molecule has 1 N–H and O–H groups in total. The minimum atomic E-state index is -0.441. The quantitative estimate of drug-likeness (QED) is 0.825. The molecule has 0 saturated heterocycles. The molecule has 0 aliphatic carbocycles. The van der Waals surface area contributed by atoms with Gasteiger partial charge in [-0.1, -0.05) is 43.7 Å². The van der Waals surface area contributed by atoms with Crippen molar-refractivity contribution in [2.24, 2.45) is 0 Å². The SMILES string of the molecule is CCCC(=O)N(Cc1cccc(C)c1)[C@@H](CC)C(=O)NC(C)(C)C. The Labute approximate surface area is 146 Å². The van der Waals surface area contributed by atoms with Gasteiger partial charge in [-0.05, 0) is 46.1 Å². The van der Waals surface area contributed by atoms with Crippen LogP contribution in [0.25, 0.3) is 0 Å². The fourth-order valence-corrected chi connectivity index (χ4v) is 2.74. The van der Waals surface area contributed by atoms with Crippen LogP contribution >= 0.6 is 0 Å². The van der Waals surface area contributed by atoms with Crippen molar-refractivity contribution in [1.29, 1.82) is 0 Å². The van der Waals surface area contributed by atoms with Crippen LogP contribution in [0.1, 0.15) is 65.0 Å². The summed E-state index contributed by atoms with van der Waals surface area (Å²) in [4.78, 5) is 27.1. The number of benzene rings is 1. The number of amides is 2. The largest absolute Gasteiger partial charge is 0.350 e. The molecule has 0 aromatic heterocycles. The number of carbonyl (C=O) groups is 2. The van der Waals surface area contributed by atoms with E-state index in [0.717, 1.165) is 17.5 Å². The number of hydrogen-bond donors (Lipinski definition) is 1. The molecule has 0 aliphatic rings. The molecule has 2 amide bonds. The highest BCUT2D eigenvalue weighted by atomic mass is 16.2. The first kappa shape index (κ1) is 20.2. The van der Waals surface area contributed by atoms with Crippen LogP contribution in [0.2, 0.25) is 0 Å². The van der Waals surface area contributed by atoms with Gasteiger partial charge in [-0.15, -0.1) is 0 Å². The summed E-state index contributed by atoms with van der Waals surface area (Å²) in [6.45, 7) is 12.3. The average Bonchev–Trinajstić information content (AvgIpc) is 2.45. The average molecular weight is 332 g/mol. The highest BCUT2D eigenvalue weighted by Gasteiger charge is 2.30. The molecule has 1 aromatic rings. The molecule has 0 fully saturated rings. The molecule has 24 heavy (non-hydrogen) atoms. The fourth-order valence-electron chi connectivity index (χ4n) is 2.74. The molecule has 0 heterocycles. The van der Waals surface area contributed by atoms with E-state index >= 15 is 0 Å². The van der Waals surface area contributed by atoms with E-state index in [9.17, 15) is 9.59 Å². The van der Waals surface area contributed by atoms with Gasteiger partial charge in [0.1, 0.15) is 6.04 Å². The molecule has 4 heteroatoms. The number of rotatable bonds is 7. The Balaban J connectivity index is 3.05. The zero-order chi connectivity index (χ0) is 18.3. The monoisotopic (exact) mass is 332 g/mol. The summed E-state index contributed by atoms with van der Waals surface area (Å²) in [5.74, 6) is -0.0444. The van der Waals surface area contributed by atoms with Gasteiger partial charge in [0, 0.05) is 18.5 Å². The Kier molecular flexibility index (Phi) is 7.46. The van der Waals surface area contributed by atoms with Gasteiger partial charge in [0.25, 0.3) is 0 Å². The van der Waals surface area contributed by atoms with Crippen molar-refractivity contribution in [2.45, 2.75) is 78.9 Å². The van der Waals surface area contributed by atoms with Gasteiger partial charge < -0.3 is 10.2 Å². The van der Waals surface area contributed by atoms with Crippen LogP contribution in [0, 0.1) is 6.92 Å². The number of nitrogens with one attached hydrogen (secondary N) is 1. The molecule has 0 radical (unpaired) electrons. The molecule has 134 valence electrons. The third-order valence-electron chi connectivity index (χ3n) is 3.78. The molecule has 1 rings (SSSR count). The normalized spacial score (nSPS) is 12.6. The Morgan fingerprint density at radius 1 is 1.21 bits per heavy atom. The fraction of sp³-hybridized carbons (Fsp3) is 0.600. The number of nitrogens with zero attached hydrogens (tertiary/aromatic N) is 1. The smallest absolute Gasteiger partial charge is 0.243 e. The van der Waals surface area contributed by atoms with E-state index in [0.29, 0.717) is 19.4 Å². The lowest BCUT2D eigenvalue weighted by Gasteiger charge is -2.33. The van der Waals surface area contributed by atoms with E-state index in [-0.39, 0.29) is 17.4 Å². The topological polar surface area (TPSA) is 49.4 Å². The van der Waals surface area contributed by atoms with Crippen molar-refractivity contribution in [3.05, 3.63) is 35.4 Å². The highest BCUT2D eigenvalue weighted by molar-refractivity contribution is 5.88. The summed E-state index contributed by atoms with van der Waals surface area (Å²) in [5.41, 5.74) is 1.90. The highest BCUT2D eigenvalue weighted by Crippen LogP contribution is 2.16. The predicted molar refractivity (Wildman–Crippen MR) is 98.6 cm³/mol. The summed E-state index contributed by atoms with van der Waals surface area (Å²) >= 11 is 0. The van der Waals surface area contributed by atoms with Crippen molar-refractivity contribution in [3.8, 4) is 0 Å². The van der Waals surface area contributed by atoms with E-state index < -0.39 is 6.04 Å². The maximum absolute atomic E-state index is 12.7. The Bertz CT molecular complexity index is 561. The van der Waals surface area contributed by atoms with Gasteiger partial charge >= 0.3 is 0 Å². The van der Waals surface area contributed by atoms with Crippen LogP contribution in [0.5, 0.6) is 0 Å². The lowest BCUT2D eigenvalue weighted by atomic mass is 10.0. The number of carbonyl (C=O) groups excluding carboxylic acids is 2. The van der Waals surface area contributed by atoms with E-state index in [1.807, 2.05) is 59.7 Å². The minimum Gasteiger partial charge on any atom is -0.350 e. The van der Waals surface area contributed by atoms with Crippen LogP contribution in [0.3, 0.4) is 0 Å². The molecule has 4 nitrogen and oxygen atoms in total. The molecule has 0 spiro atoms. The third-order valence-corrected chi connectivity index (χ3v) is 3.78. The van der Waals surface area contributed by atoms with Crippen molar-refractivity contribution in [3.63, 3.8) is 0 Å². The second-order valence-electron chi connectivity index (χ2n) is 7.42. The second-order valence-corrected chi connectivity index (χ2v) is 7.42. The van der Waals surface area contributed by atoms with E-state index in [1.165, 1.54) is 0 Å². The molecular formula is C20H32N2O2. The number of hydrogen-bond acceptors (Lipinski definition) is 2. The lowest BCUT2D eigenvalue weighted by Crippen LogP contribution is -2.53. The standard InChI is InChI=1S/C20H32N2O2/c1-7-10-18(23)22(14-16-12-9-11-15(3)13-16)17(8-2)19(24)21-20(4,5)6/h9,11-13,17H,7-8,10,14H2,1-6H3,(H,21,24)/t17-/m0/s1. The Hall–Kier alpha value is -1.84. The number of aryl methyl sites for hydroxylation is 1. The van der Waals surface area contributed by atoms with Crippen LogP contribution in [0.15, 0.2) is 24.3 Å². The van der Waals surface area contributed by atoms with Gasteiger partial charge in [-0.3, -0.25) is 9.59 Å². The summed E-state index contributed by atoms with van der Waals surface area (Å²) in [7, 11) is 0. The molecule has 0 saturated carbocycles. The van der Waals surface area contributed by atoms with Gasteiger partial charge in [0.2, 0.25) is 11.8 Å². The lowest BCUT2D eigenvalue weighted by molar-refractivity contribution is -0.142. The first-order chi connectivity index (χ1) is 11.2. The van der Waals surface area contributed by atoms with Gasteiger partial charge in [0.15, 0.2) is 0 Å². The molecule has 1 aromatic carbocycles. The van der Waals surface area contributed by atoms with Crippen molar-refractivity contribution < 1.29 is 9.59 Å². The predicted octanol–water partition coefficient (Wildman–Crippen LogP) is 3.82. The van der Waals surface area contributed by atoms with Crippen LogP contribution in [-0.2, 0) is 16.1 Å². The van der Waals surface area contributed by atoms with Gasteiger partial charge in [-0.25, -0.2) is 0 Å². The van der Waals surface area contributed by atoms with Gasteiger partial charge in [0.05, 0.1) is 0 Å². The summed E-state index contributed by atoms with van der Waals surface area (Å²) in [5, 5.41) is 3.01. The zero-order valence-electron chi connectivity index (χ0n) is 16.0. The molecule has 0 aliphatic heterocycles. The second kappa shape index (κ2) is 8.86. The van der Waals surface area contributed by atoms with E-state index in [4.69, 9.17) is 0 Å². The maximum atomic E-state index is 12.7. The summed E-state index contributed by atoms with van der Waals surface area (Å²) in [6.07, 6.45) is 1.84. The van der Waals surface area contributed by atoms with Crippen molar-refractivity contribution in [1.82, 2.24) is 10.2 Å². The van der Waals surface area contributed by atoms with Crippen molar-refractivity contribution in [2.75, 3.05) is 0 Å². The maximum Gasteiger partial charge on any atom is 0.243 e. The molecule has 0 bridgehead atoms. The first-order valence-electron chi connectivity index (χ1n) is 8.85. The summed E-state index contributed by atoms with van der Waals surface area (Å²) in [6, 6.07) is 7.66. The minimum absolute atomic E-state index is 0.0370. The van der Waals surface area contributed by atoms with Crippen LogP contribution in [0.4, 0.5) is 0 Å².